The largest absolute Gasteiger partial charge is 0.496 e. The van der Waals surface area contributed by atoms with E-state index in [0.29, 0.717) is 22.4 Å². The fraction of sp³-hybridized carbons (Fsp3) is 0.286. The molecule has 0 saturated heterocycles. The molecule has 5 heteroatoms. The fourth-order valence-electron chi connectivity index (χ4n) is 2.04. The van der Waals surface area contributed by atoms with Gasteiger partial charge in [-0.2, -0.15) is 0 Å². The van der Waals surface area contributed by atoms with Crippen LogP contribution in [0.1, 0.15) is 24.6 Å². The van der Waals surface area contributed by atoms with Crippen LogP contribution in [0, 0.1) is 0 Å². The van der Waals surface area contributed by atoms with E-state index < -0.39 is 0 Å². The van der Waals surface area contributed by atoms with E-state index in [-0.39, 0.29) is 5.56 Å². The van der Waals surface area contributed by atoms with Crippen molar-refractivity contribution < 1.29 is 4.74 Å². The van der Waals surface area contributed by atoms with Gasteiger partial charge in [-0.3, -0.25) is 4.79 Å². The smallest absolute Gasteiger partial charge is 0.251 e. The van der Waals surface area contributed by atoms with Gasteiger partial charge in [0.15, 0.2) is 0 Å². The maximum absolute atomic E-state index is 11.7. The van der Waals surface area contributed by atoms with Crippen molar-refractivity contribution in [1.82, 2.24) is 9.97 Å². The average molecular weight is 277 g/mol. The molecule has 1 aliphatic carbocycles. The Morgan fingerprint density at radius 3 is 2.84 bits per heavy atom. The highest BCUT2D eigenvalue weighted by Gasteiger charge is 2.26. The number of rotatable bonds is 3. The maximum Gasteiger partial charge on any atom is 0.251 e. The van der Waals surface area contributed by atoms with Crippen LogP contribution in [-0.4, -0.2) is 17.1 Å². The molecule has 1 heterocycles. The van der Waals surface area contributed by atoms with Gasteiger partial charge in [0.05, 0.1) is 12.8 Å². The van der Waals surface area contributed by atoms with Gasteiger partial charge in [0, 0.05) is 22.6 Å². The molecule has 0 unspecified atom stereocenters. The summed E-state index contributed by atoms with van der Waals surface area (Å²) >= 11 is 6.01. The molecule has 2 aromatic rings. The summed E-state index contributed by atoms with van der Waals surface area (Å²) in [5.74, 6) is 1.80. The standard InChI is InChI=1S/C14H13ClN2O2/c1-19-12-5-4-9(15)6-10(12)11-7-13(18)17-14(16-11)8-2-3-8/h4-8H,2-3H2,1H3,(H,16,17,18). The molecule has 1 fully saturated rings. The number of methoxy groups -OCH3 is 1. The van der Waals surface area contributed by atoms with E-state index in [1.54, 1.807) is 25.3 Å². The average Bonchev–Trinajstić information content (AvgIpc) is 3.22. The highest BCUT2D eigenvalue weighted by Crippen LogP contribution is 2.38. The fourth-order valence-corrected chi connectivity index (χ4v) is 2.22. The minimum atomic E-state index is -0.145. The van der Waals surface area contributed by atoms with Gasteiger partial charge >= 0.3 is 0 Å². The van der Waals surface area contributed by atoms with E-state index in [9.17, 15) is 4.79 Å². The first kappa shape index (κ1) is 12.2. The molecule has 98 valence electrons. The highest BCUT2D eigenvalue weighted by atomic mass is 35.5. The first-order valence-corrected chi connectivity index (χ1v) is 6.50. The lowest BCUT2D eigenvalue weighted by Gasteiger charge is -2.09. The normalized spacial score (nSPS) is 14.4. The molecule has 0 amide bonds. The molecule has 0 aliphatic heterocycles. The second kappa shape index (κ2) is 4.70. The predicted octanol–water partition coefficient (Wildman–Crippen LogP) is 2.98. The Morgan fingerprint density at radius 2 is 2.16 bits per heavy atom. The van der Waals surface area contributed by atoms with Crippen LogP contribution >= 0.6 is 11.6 Å². The van der Waals surface area contributed by atoms with E-state index in [0.717, 1.165) is 24.2 Å². The number of benzene rings is 1. The van der Waals surface area contributed by atoms with Crippen LogP contribution in [-0.2, 0) is 0 Å². The molecule has 0 bridgehead atoms. The van der Waals surface area contributed by atoms with Crippen LogP contribution in [0.5, 0.6) is 5.75 Å². The number of aromatic amines is 1. The summed E-state index contributed by atoms with van der Waals surface area (Å²) in [5, 5.41) is 0.589. The summed E-state index contributed by atoms with van der Waals surface area (Å²) in [7, 11) is 1.59. The number of ether oxygens (including phenoxy) is 1. The maximum atomic E-state index is 11.7. The summed E-state index contributed by atoms with van der Waals surface area (Å²) in [6.07, 6.45) is 2.16. The van der Waals surface area contributed by atoms with Crippen molar-refractivity contribution in [2.75, 3.05) is 7.11 Å². The van der Waals surface area contributed by atoms with Crippen LogP contribution in [0.2, 0.25) is 5.02 Å². The Morgan fingerprint density at radius 1 is 1.37 bits per heavy atom. The van der Waals surface area contributed by atoms with Crippen LogP contribution in [0.15, 0.2) is 29.1 Å². The number of hydrogen-bond acceptors (Lipinski definition) is 3. The van der Waals surface area contributed by atoms with Gasteiger partial charge in [0.25, 0.3) is 5.56 Å². The second-order valence-corrected chi connectivity index (χ2v) is 5.07. The number of H-pyrrole nitrogens is 1. The van der Waals surface area contributed by atoms with Gasteiger partial charge in [-0.25, -0.2) is 4.98 Å². The molecular formula is C14H13ClN2O2. The van der Waals surface area contributed by atoms with Crippen molar-refractivity contribution >= 4 is 11.6 Å². The highest BCUT2D eigenvalue weighted by molar-refractivity contribution is 6.30. The third-order valence-electron chi connectivity index (χ3n) is 3.16. The second-order valence-electron chi connectivity index (χ2n) is 4.63. The van der Waals surface area contributed by atoms with Gasteiger partial charge in [0.2, 0.25) is 0 Å². The molecule has 19 heavy (non-hydrogen) atoms. The van der Waals surface area contributed by atoms with Crippen molar-refractivity contribution in [3.63, 3.8) is 0 Å². The van der Waals surface area contributed by atoms with Crippen LogP contribution < -0.4 is 10.3 Å². The molecule has 0 radical (unpaired) electrons. The molecule has 0 spiro atoms. The predicted molar refractivity (Wildman–Crippen MR) is 73.8 cm³/mol. The quantitative estimate of drug-likeness (QED) is 0.938. The lowest BCUT2D eigenvalue weighted by molar-refractivity contribution is 0.416. The molecule has 1 N–H and O–H groups in total. The molecule has 1 saturated carbocycles. The first-order valence-electron chi connectivity index (χ1n) is 6.12. The van der Waals surface area contributed by atoms with E-state index in [4.69, 9.17) is 16.3 Å². The van der Waals surface area contributed by atoms with E-state index in [2.05, 4.69) is 9.97 Å². The molecular weight excluding hydrogens is 264 g/mol. The minimum absolute atomic E-state index is 0.145. The van der Waals surface area contributed by atoms with Crippen LogP contribution in [0.25, 0.3) is 11.3 Å². The Labute approximate surface area is 115 Å². The number of nitrogens with zero attached hydrogens (tertiary/aromatic N) is 1. The Bertz CT molecular complexity index is 677. The topological polar surface area (TPSA) is 55.0 Å². The van der Waals surface area contributed by atoms with Crippen molar-refractivity contribution in [3.8, 4) is 17.0 Å². The zero-order valence-corrected chi connectivity index (χ0v) is 11.2. The molecule has 1 aliphatic rings. The summed E-state index contributed by atoms with van der Waals surface area (Å²) < 4.78 is 5.30. The van der Waals surface area contributed by atoms with Gasteiger partial charge in [-0.05, 0) is 31.0 Å². The monoisotopic (exact) mass is 276 g/mol. The van der Waals surface area contributed by atoms with Gasteiger partial charge < -0.3 is 9.72 Å². The number of halogens is 1. The third kappa shape index (κ3) is 2.49. The molecule has 0 atom stereocenters. The van der Waals surface area contributed by atoms with Crippen molar-refractivity contribution in [2.24, 2.45) is 0 Å². The summed E-state index contributed by atoms with van der Waals surface area (Å²) in [6.45, 7) is 0. The SMILES string of the molecule is COc1ccc(Cl)cc1-c1cc(=O)[nH]c(C2CC2)n1. The summed E-state index contributed by atoms with van der Waals surface area (Å²) in [5.41, 5.74) is 1.20. The first-order chi connectivity index (χ1) is 9.17. The Kier molecular flexibility index (Phi) is 3.03. The van der Waals surface area contributed by atoms with Gasteiger partial charge in [-0.1, -0.05) is 11.6 Å². The number of hydrogen-bond donors (Lipinski definition) is 1. The number of nitrogens with one attached hydrogen (secondary N) is 1. The van der Waals surface area contributed by atoms with Crippen molar-refractivity contribution in [3.05, 3.63) is 45.5 Å². The minimum Gasteiger partial charge on any atom is -0.496 e. The molecule has 4 nitrogen and oxygen atoms in total. The zero-order valence-electron chi connectivity index (χ0n) is 10.4. The lowest BCUT2D eigenvalue weighted by Crippen LogP contribution is -2.10. The van der Waals surface area contributed by atoms with Crippen LogP contribution in [0.4, 0.5) is 0 Å². The molecule has 3 rings (SSSR count). The van der Waals surface area contributed by atoms with Crippen LogP contribution in [0.3, 0.4) is 0 Å². The van der Waals surface area contributed by atoms with Crippen molar-refractivity contribution in [1.29, 1.82) is 0 Å². The number of aromatic nitrogens is 2. The summed E-state index contributed by atoms with van der Waals surface area (Å²) in [4.78, 5) is 19.0. The Balaban J connectivity index is 2.15. The van der Waals surface area contributed by atoms with E-state index in [1.165, 1.54) is 6.07 Å². The zero-order chi connectivity index (χ0) is 13.4. The van der Waals surface area contributed by atoms with E-state index >= 15 is 0 Å². The van der Waals surface area contributed by atoms with Gasteiger partial charge in [-0.15, -0.1) is 0 Å². The lowest BCUT2D eigenvalue weighted by atomic mass is 10.1. The van der Waals surface area contributed by atoms with Crippen molar-refractivity contribution in [2.45, 2.75) is 18.8 Å². The Hall–Kier alpha value is -1.81. The summed E-state index contributed by atoms with van der Waals surface area (Å²) in [6, 6.07) is 6.76. The molecule has 1 aromatic heterocycles. The third-order valence-corrected chi connectivity index (χ3v) is 3.40. The van der Waals surface area contributed by atoms with Gasteiger partial charge in [0.1, 0.15) is 11.6 Å². The molecule has 1 aromatic carbocycles. The van der Waals surface area contributed by atoms with E-state index in [1.807, 2.05) is 0 Å².